The fourth-order valence-corrected chi connectivity index (χ4v) is 2.60. The van der Waals surface area contributed by atoms with Crippen molar-refractivity contribution in [3.05, 3.63) is 0 Å². The lowest BCUT2D eigenvalue weighted by Gasteiger charge is -2.24. The van der Waals surface area contributed by atoms with Crippen molar-refractivity contribution in [3.63, 3.8) is 0 Å². The van der Waals surface area contributed by atoms with E-state index in [-0.39, 0.29) is 11.8 Å². The van der Waals surface area contributed by atoms with Crippen LogP contribution in [0.2, 0.25) is 0 Å². The first-order valence-corrected chi connectivity index (χ1v) is 7.48. The summed E-state index contributed by atoms with van der Waals surface area (Å²) in [6.45, 7) is 1.36. The largest absolute Gasteiger partial charge is 0.361 e. The standard InChI is InChI=1S/C13H23N3OS/c17-12(10-6-7-10)14-8-9-15-13(18)16-11-4-2-1-3-5-11/h10-11H,1-9H2,(H,14,17)(H2,15,16,18). The molecular weight excluding hydrogens is 246 g/mol. The van der Waals surface area contributed by atoms with Crippen molar-refractivity contribution < 1.29 is 4.79 Å². The summed E-state index contributed by atoms with van der Waals surface area (Å²) in [5.74, 6) is 0.486. The molecule has 0 aromatic carbocycles. The van der Waals surface area contributed by atoms with E-state index in [0.717, 1.165) is 18.0 Å². The summed E-state index contributed by atoms with van der Waals surface area (Å²) in [6, 6.07) is 0.541. The second-order valence-corrected chi connectivity index (χ2v) is 5.71. The van der Waals surface area contributed by atoms with E-state index in [2.05, 4.69) is 16.0 Å². The zero-order valence-electron chi connectivity index (χ0n) is 10.8. The molecule has 5 heteroatoms. The van der Waals surface area contributed by atoms with Crippen LogP contribution >= 0.6 is 12.2 Å². The molecule has 0 heterocycles. The Bertz CT molecular complexity index is 299. The highest BCUT2D eigenvalue weighted by atomic mass is 32.1. The number of hydrogen-bond donors (Lipinski definition) is 3. The predicted molar refractivity (Wildman–Crippen MR) is 76.3 cm³/mol. The quantitative estimate of drug-likeness (QED) is 0.520. The van der Waals surface area contributed by atoms with Crippen LogP contribution in [0.5, 0.6) is 0 Å². The molecule has 2 rings (SSSR count). The Balaban J connectivity index is 1.49. The molecule has 0 aromatic rings. The molecular formula is C13H23N3OS. The van der Waals surface area contributed by atoms with Gasteiger partial charge in [0.05, 0.1) is 0 Å². The van der Waals surface area contributed by atoms with Crippen molar-refractivity contribution in [1.29, 1.82) is 0 Å². The Morgan fingerprint density at radius 2 is 1.67 bits per heavy atom. The van der Waals surface area contributed by atoms with Crippen LogP contribution in [0.25, 0.3) is 0 Å². The Kier molecular flexibility index (Phi) is 5.23. The molecule has 1 amide bonds. The maximum Gasteiger partial charge on any atom is 0.223 e. The SMILES string of the molecule is O=C(NCCNC(=S)NC1CCCCC1)C1CC1. The molecule has 0 saturated heterocycles. The monoisotopic (exact) mass is 269 g/mol. The molecule has 4 nitrogen and oxygen atoms in total. The molecule has 3 N–H and O–H groups in total. The Morgan fingerprint density at radius 1 is 1.00 bits per heavy atom. The third-order valence-electron chi connectivity index (χ3n) is 3.60. The van der Waals surface area contributed by atoms with Crippen LogP contribution in [-0.4, -0.2) is 30.2 Å². The molecule has 2 aliphatic carbocycles. The normalized spacial score (nSPS) is 20.2. The van der Waals surface area contributed by atoms with E-state index in [1.165, 1.54) is 32.1 Å². The van der Waals surface area contributed by atoms with E-state index < -0.39 is 0 Å². The summed E-state index contributed by atoms with van der Waals surface area (Å²) < 4.78 is 0. The van der Waals surface area contributed by atoms with Gasteiger partial charge in [-0.2, -0.15) is 0 Å². The van der Waals surface area contributed by atoms with Gasteiger partial charge in [-0.25, -0.2) is 0 Å². The minimum Gasteiger partial charge on any atom is -0.361 e. The first kappa shape index (κ1) is 13.6. The second-order valence-electron chi connectivity index (χ2n) is 5.30. The van der Waals surface area contributed by atoms with E-state index in [1.807, 2.05) is 0 Å². The molecule has 0 bridgehead atoms. The van der Waals surface area contributed by atoms with E-state index >= 15 is 0 Å². The van der Waals surface area contributed by atoms with E-state index in [0.29, 0.717) is 19.1 Å². The maximum absolute atomic E-state index is 11.4. The van der Waals surface area contributed by atoms with Gasteiger partial charge in [-0.05, 0) is 37.9 Å². The van der Waals surface area contributed by atoms with Crippen molar-refractivity contribution in [2.75, 3.05) is 13.1 Å². The van der Waals surface area contributed by atoms with Gasteiger partial charge in [0.1, 0.15) is 0 Å². The molecule has 0 unspecified atom stereocenters. The van der Waals surface area contributed by atoms with Gasteiger partial charge >= 0.3 is 0 Å². The molecule has 2 aliphatic rings. The van der Waals surface area contributed by atoms with Crippen LogP contribution in [0.15, 0.2) is 0 Å². The van der Waals surface area contributed by atoms with Crippen molar-refractivity contribution in [2.24, 2.45) is 5.92 Å². The summed E-state index contributed by atoms with van der Waals surface area (Å²) in [5.41, 5.74) is 0. The number of carbonyl (C=O) groups is 1. The van der Waals surface area contributed by atoms with Crippen LogP contribution in [-0.2, 0) is 4.79 Å². The molecule has 0 aliphatic heterocycles. The lowest BCUT2D eigenvalue weighted by Crippen LogP contribution is -2.45. The molecule has 102 valence electrons. The number of thiocarbonyl (C=S) groups is 1. The molecule has 0 spiro atoms. The average molecular weight is 269 g/mol. The van der Waals surface area contributed by atoms with Crippen molar-refractivity contribution in [2.45, 2.75) is 51.0 Å². The fourth-order valence-electron chi connectivity index (χ4n) is 2.33. The Morgan fingerprint density at radius 3 is 2.33 bits per heavy atom. The van der Waals surface area contributed by atoms with Crippen LogP contribution in [0.3, 0.4) is 0 Å². The van der Waals surface area contributed by atoms with Gasteiger partial charge in [0.2, 0.25) is 5.91 Å². The predicted octanol–water partition coefficient (Wildman–Crippen LogP) is 1.31. The maximum atomic E-state index is 11.4. The lowest BCUT2D eigenvalue weighted by atomic mass is 9.96. The Labute approximate surface area is 114 Å². The first-order chi connectivity index (χ1) is 8.75. The molecule has 0 atom stereocenters. The number of amides is 1. The highest BCUT2D eigenvalue weighted by molar-refractivity contribution is 7.80. The smallest absolute Gasteiger partial charge is 0.223 e. The summed E-state index contributed by atoms with van der Waals surface area (Å²) in [4.78, 5) is 11.4. The average Bonchev–Trinajstić information content (AvgIpc) is 3.20. The van der Waals surface area contributed by atoms with E-state index in [9.17, 15) is 4.79 Å². The van der Waals surface area contributed by atoms with Gasteiger partial charge < -0.3 is 16.0 Å². The van der Waals surface area contributed by atoms with Gasteiger partial charge in [-0.3, -0.25) is 4.79 Å². The molecule has 0 radical (unpaired) electrons. The second kappa shape index (κ2) is 6.92. The van der Waals surface area contributed by atoms with E-state index in [4.69, 9.17) is 12.2 Å². The summed E-state index contributed by atoms with van der Waals surface area (Å²) >= 11 is 5.24. The van der Waals surface area contributed by atoms with Crippen molar-refractivity contribution in [3.8, 4) is 0 Å². The fraction of sp³-hybridized carbons (Fsp3) is 0.846. The van der Waals surface area contributed by atoms with Crippen LogP contribution in [0, 0.1) is 5.92 Å². The number of carbonyl (C=O) groups excluding carboxylic acids is 1. The van der Waals surface area contributed by atoms with Gasteiger partial charge in [0.15, 0.2) is 5.11 Å². The molecule has 18 heavy (non-hydrogen) atoms. The van der Waals surface area contributed by atoms with Gasteiger partial charge in [-0.15, -0.1) is 0 Å². The zero-order valence-corrected chi connectivity index (χ0v) is 11.7. The summed E-state index contributed by atoms with van der Waals surface area (Å²) in [6.07, 6.45) is 8.52. The summed E-state index contributed by atoms with van der Waals surface area (Å²) in [5, 5.41) is 10.1. The van der Waals surface area contributed by atoms with Crippen LogP contribution < -0.4 is 16.0 Å². The summed E-state index contributed by atoms with van der Waals surface area (Å²) in [7, 11) is 0. The molecule has 2 saturated carbocycles. The minimum atomic E-state index is 0.197. The third-order valence-corrected chi connectivity index (χ3v) is 3.86. The lowest BCUT2D eigenvalue weighted by molar-refractivity contribution is -0.122. The highest BCUT2D eigenvalue weighted by Crippen LogP contribution is 2.28. The topological polar surface area (TPSA) is 53.2 Å². The zero-order chi connectivity index (χ0) is 12.8. The van der Waals surface area contributed by atoms with Crippen molar-refractivity contribution in [1.82, 2.24) is 16.0 Å². The third kappa shape index (κ3) is 4.80. The van der Waals surface area contributed by atoms with Crippen LogP contribution in [0.4, 0.5) is 0 Å². The number of rotatable bonds is 5. The highest BCUT2D eigenvalue weighted by Gasteiger charge is 2.28. The van der Waals surface area contributed by atoms with Gasteiger partial charge in [0, 0.05) is 25.0 Å². The molecule has 0 aromatic heterocycles. The van der Waals surface area contributed by atoms with Crippen LogP contribution in [0.1, 0.15) is 44.9 Å². The first-order valence-electron chi connectivity index (χ1n) is 7.08. The van der Waals surface area contributed by atoms with E-state index in [1.54, 1.807) is 0 Å². The minimum absolute atomic E-state index is 0.197. The van der Waals surface area contributed by atoms with Crippen molar-refractivity contribution >= 4 is 23.2 Å². The molecule has 2 fully saturated rings. The van der Waals surface area contributed by atoms with Gasteiger partial charge in [-0.1, -0.05) is 19.3 Å². The number of nitrogens with one attached hydrogen (secondary N) is 3. The van der Waals surface area contributed by atoms with Gasteiger partial charge in [0.25, 0.3) is 0 Å². The number of hydrogen-bond acceptors (Lipinski definition) is 2. The Hall–Kier alpha value is -0.840.